The Morgan fingerprint density at radius 3 is 2.82 bits per heavy atom. The van der Waals surface area contributed by atoms with Crippen molar-refractivity contribution in [1.82, 2.24) is 9.55 Å². The molecule has 4 aromatic rings. The van der Waals surface area contributed by atoms with Gasteiger partial charge in [0, 0.05) is 16.9 Å². The maximum Gasteiger partial charge on any atom is 0.338 e. The lowest BCUT2D eigenvalue weighted by molar-refractivity contribution is -0.0169. The van der Waals surface area contributed by atoms with Gasteiger partial charge in [-0.25, -0.2) is 9.78 Å². The molecule has 2 aliphatic rings. The largest absolute Gasteiger partial charge is 0.467 e. The second kappa shape index (κ2) is 10.4. The summed E-state index contributed by atoms with van der Waals surface area (Å²) >= 11 is 1.40. The number of benzene rings is 3. The van der Waals surface area contributed by atoms with Crippen LogP contribution < -0.4 is 19.8 Å². The minimum Gasteiger partial charge on any atom is -0.467 e. The van der Waals surface area contributed by atoms with Gasteiger partial charge in [0.15, 0.2) is 23.4 Å². The van der Waals surface area contributed by atoms with E-state index in [2.05, 4.69) is 0 Å². The Morgan fingerprint density at radius 1 is 1.05 bits per heavy atom. The third-order valence-electron chi connectivity index (χ3n) is 6.26. The fourth-order valence-electron chi connectivity index (χ4n) is 4.50. The lowest BCUT2D eigenvalue weighted by Crippen LogP contribution is -2.24. The summed E-state index contributed by atoms with van der Waals surface area (Å²) in [5, 5.41) is 1.09. The summed E-state index contributed by atoms with van der Waals surface area (Å²) in [7, 11) is 0. The van der Waals surface area contributed by atoms with Gasteiger partial charge >= 0.3 is 5.97 Å². The van der Waals surface area contributed by atoms with Crippen LogP contribution in [0.3, 0.4) is 0 Å². The molecule has 38 heavy (non-hydrogen) atoms. The van der Waals surface area contributed by atoms with E-state index < -0.39 is 5.97 Å². The van der Waals surface area contributed by atoms with E-state index in [1.165, 1.54) is 11.8 Å². The molecule has 3 heterocycles. The maximum atomic E-state index is 13.6. The van der Waals surface area contributed by atoms with E-state index in [0.29, 0.717) is 57.8 Å². The molecule has 1 aromatic heterocycles. The highest BCUT2D eigenvalue weighted by Gasteiger charge is 2.22. The van der Waals surface area contributed by atoms with E-state index >= 15 is 0 Å². The molecule has 6 rings (SSSR count). The van der Waals surface area contributed by atoms with Crippen molar-refractivity contribution in [2.24, 2.45) is 0 Å². The molecule has 9 nitrogen and oxygen atoms in total. The number of rotatable bonds is 7. The number of hydrogen-bond donors (Lipinski definition) is 0. The van der Waals surface area contributed by atoms with E-state index in [9.17, 15) is 9.59 Å². The summed E-state index contributed by atoms with van der Waals surface area (Å²) < 4.78 is 29.0. The van der Waals surface area contributed by atoms with E-state index in [1.54, 1.807) is 29.7 Å². The molecule has 0 atom stereocenters. The predicted octanol–water partition coefficient (Wildman–Crippen LogP) is 4.51. The number of hydrogen-bond acceptors (Lipinski definition) is 9. The normalized spacial score (nSPS) is 13.7. The number of fused-ring (bicyclic) bond motifs is 3. The minimum atomic E-state index is -0.407. The molecule has 0 saturated heterocycles. The summed E-state index contributed by atoms with van der Waals surface area (Å²) in [4.78, 5) is 30.9. The van der Waals surface area contributed by atoms with Gasteiger partial charge in [0.1, 0.15) is 5.75 Å². The molecule has 2 aliphatic heterocycles. The van der Waals surface area contributed by atoms with Crippen molar-refractivity contribution in [3.05, 3.63) is 87.2 Å². The van der Waals surface area contributed by atoms with Crippen molar-refractivity contribution in [1.29, 1.82) is 0 Å². The first-order valence-corrected chi connectivity index (χ1v) is 13.1. The number of carbonyl (C=O) groups excluding carboxylic acids is 1. The average molecular weight is 533 g/mol. The van der Waals surface area contributed by atoms with Gasteiger partial charge in [-0.3, -0.25) is 9.36 Å². The first kappa shape index (κ1) is 24.3. The van der Waals surface area contributed by atoms with Gasteiger partial charge in [0.25, 0.3) is 5.56 Å². The molecule has 0 bridgehead atoms. The van der Waals surface area contributed by atoms with Crippen LogP contribution >= 0.6 is 11.8 Å². The predicted molar refractivity (Wildman–Crippen MR) is 140 cm³/mol. The van der Waals surface area contributed by atoms with Crippen LogP contribution in [0.5, 0.6) is 17.2 Å². The van der Waals surface area contributed by atoms with Crippen LogP contribution in [0, 0.1) is 0 Å². The minimum absolute atomic E-state index is 0.131. The van der Waals surface area contributed by atoms with Crippen LogP contribution in [0.25, 0.3) is 10.9 Å². The number of ether oxygens (including phenoxy) is 5. The Kier molecular flexibility index (Phi) is 6.65. The van der Waals surface area contributed by atoms with E-state index in [1.807, 2.05) is 36.4 Å². The van der Waals surface area contributed by atoms with Gasteiger partial charge in [0.2, 0.25) is 6.79 Å². The van der Waals surface area contributed by atoms with Crippen molar-refractivity contribution < 1.29 is 28.5 Å². The molecule has 0 radical (unpaired) electrons. The standard InChI is InChI=1S/C28H24N2O7S/c1-2-34-27(32)18-10-19-13-33-15-37-25(19)20(11-18)14-38-28-29-22-6-4-3-5-21(22)26(31)30(28)12-17-7-8-23-24(9-17)36-16-35-23/h3-11H,2,12-16H2,1H3. The Morgan fingerprint density at radius 2 is 1.92 bits per heavy atom. The Bertz CT molecular complexity index is 1600. The van der Waals surface area contributed by atoms with Gasteiger partial charge in [-0.1, -0.05) is 30.0 Å². The van der Waals surface area contributed by atoms with Crippen molar-refractivity contribution >= 4 is 28.6 Å². The summed E-state index contributed by atoms with van der Waals surface area (Å²) in [6.45, 7) is 3.00. The molecule has 0 amide bonds. The molecule has 0 aliphatic carbocycles. The van der Waals surface area contributed by atoms with Crippen molar-refractivity contribution in [3.8, 4) is 17.2 Å². The van der Waals surface area contributed by atoms with Crippen molar-refractivity contribution in [2.75, 3.05) is 20.2 Å². The molecule has 0 spiro atoms. The summed E-state index contributed by atoms with van der Waals surface area (Å²) in [6.07, 6.45) is 0. The highest BCUT2D eigenvalue weighted by molar-refractivity contribution is 7.98. The summed E-state index contributed by atoms with van der Waals surface area (Å²) in [5.74, 6) is 2.03. The zero-order valence-electron chi connectivity index (χ0n) is 20.6. The first-order chi connectivity index (χ1) is 18.6. The zero-order valence-corrected chi connectivity index (χ0v) is 21.4. The molecule has 3 aromatic carbocycles. The lowest BCUT2D eigenvalue weighted by atomic mass is 10.0. The maximum absolute atomic E-state index is 13.6. The summed E-state index contributed by atoms with van der Waals surface area (Å²) in [6, 6.07) is 16.4. The molecule has 0 fully saturated rings. The van der Waals surface area contributed by atoms with E-state index in [4.69, 9.17) is 28.7 Å². The second-order valence-electron chi connectivity index (χ2n) is 8.73. The van der Waals surface area contributed by atoms with Crippen LogP contribution in [0.1, 0.15) is 34.0 Å². The van der Waals surface area contributed by atoms with Gasteiger partial charge in [-0.2, -0.15) is 0 Å². The number of thioether (sulfide) groups is 1. The highest BCUT2D eigenvalue weighted by atomic mass is 32.2. The number of para-hydroxylation sites is 1. The SMILES string of the molecule is CCOC(=O)c1cc2c(c(CSc3nc4ccccc4c(=O)n3Cc3ccc4c(c3)OCO4)c1)OCOC2. The van der Waals surface area contributed by atoms with E-state index in [0.717, 1.165) is 16.7 Å². The number of carbonyl (C=O) groups is 1. The van der Waals surface area contributed by atoms with Crippen molar-refractivity contribution in [3.63, 3.8) is 0 Å². The number of nitrogens with zero attached hydrogens (tertiary/aromatic N) is 2. The Hall–Kier alpha value is -4.02. The third-order valence-corrected chi connectivity index (χ3v) is 7.28. The fraction of sp³-hybridized carbons (Fsp3) is 0.250. The second-order valence-corrected chi connectivity index (χ2v) is 9.68. The van der Waals surface area contributed by atoms with Crippen LogP contribution in [0.15, 0.2) is 64.5 Å². The molecule has 0 unspecified atom stereocenters. The molecule has 194 valence electrons. The third kappa shape index (κ3) is 4.68. The first-order valence-electron chi connectivity index (χ1n) is 12.1. The van der Waals surface area contributed by atoms with Gasteiger partial charge < -0.3 is 23.7 Å². The van der Waals surface area contributed by atoms with Crippen LogP contribution in [0.2, 0.25) is 0 Å². The average Bonchev–Trinajstić information content (AvgIpc) is 3.41. The zero-order chi connectivity index (χ0) is 26.1. The number of esters is 1. The van der Waals surface area contributed by atoms with Crippen LogP contribution in [-0.2, 0) is 28.4 Å². The van der Waals surface area contributed by atoms with Gasteiger partial charge in [-0.15, -0.1) is 0 Å². The smallest absolute Gasteiger partial charge is 0.338 e. The molecular weight excluding hydrogens is 508 g/mol. The number of aromatic nitrogens is 2. The molecule has 10 heteroatoms. The molecule has 0 N–H and O–H groups in total. The monoisotopic (exact) mass is 532 g/mol. The highest BCUT2D eigenvalue weighted by Crippen LogP contribution is 2.35. The topological polar surface area (TPSA) is 98.1 Å². The fourth-order valence-corrected chi connectivity index (χ4v) is 5.47. The van der Waals surface area contributed by atoms with Gasteiger partial charge in [-0.05, 0) is 48.9 Å². The summed E-state index contributed by atoms with van der Waals surface area (Å²) in [5.41, 5.74) is 3.38. The van der Waals surface area contributed by atoms with Gasteiger partial charge in [0.05, 0.1) is 36.2 Å². The lowest BCUT2D eigenvalue weighted by Gasteiger charge is -2.22. The Balaban J connectivity index is 1.37. The molecule has 0 saturated carbocycles. The van der Waals surface area contributed by atoms with Crippen LogP contribution in [0.4, 0.5) is 0 Å². The molecular formula is C28H24N2O7S. The van der Waals surface area contributed by atoms with E-state index in [-0.39, 0.29) is 25.8 Å². The van der Waals surface area contributed by atoms with Crippen molar-refractivity contribution in [2.45, 2.75) is 31.0 Å². The Labute approximate surface area is 222 Å². The quantitative estimate of drug-likeness (QED) is 0.193. The van der Waals surface area contributed by atoms with Crippen LogP contribution in [-0.4, -0.2) is 35.7 Å².